The highest BCUT2D eigenvalue weighted by Crippen LogP contribution is 2.21. The van der Waals surface area contributed by atoms with E-state index in [0.717, 1.165) is 27.8 Å². The molecule has 0 amide bonds. The molecule has 4 aromatic rings. The normalized spacial score (nSPS) is 11.1. The lowest BCUT2D eigenvalue weighted by atomic mass is 10.2. The summed E-state index contributed by atoms with van der Waals surface area (Å²) in [7, 11) is 0. The first-order chi connectivity index (χ1) is 14.8. The summed E-state index contributed by atoms with van der Waals surface area (Å²) in [4.78, 5) is 0. The van der Waals surface area contributed by atoms with Crippen molar-refractivity contribution in [1.82, 2.24) is 14.9 Å². The molecule has 0 fully saturated rings. The van der Waals surface area contributed by atoms with Crippen LogP contribution in [0, 0.1) is 0 Å². The third-order valence-corrected chi connectivity index (χ3v) is 5.65. The largest absolute Gasteiger partial charge is 0.489 e. The van der Waals surface area contributed by atoms with Gasteiger partial charge in [-0.25, -0.2) is 0 Å². The lowest BCUT2D eigenvalue weighted by Gasteiger charge is -2.07. The Labute approximate surface area is 184 Å². The Morgan fingerprint density at radius 2 is 1.73 bits per heavy atom. The lowest BCUT2D eigenvalue weighted by Crippen LogP contribution is -1.96. The second-order valence-electron chi connectivity index (χ2n) is 6.43. The van der Waals surface area contributed by atoms with Crippen LogP contribution in [0.1, 0.15) is 16.7 Å². The number of nitrogens with zero attached hydrogens (tertiary/aromatic N) is 4. The smallest absolute Gasteiger partial charge is 0.212 e. The summed E-state index contributed by atoms with van der Waals surface area (Å²) in [6, 6.07) is 25.6. The zero-order chi connectivity index (χ0) is 20.6. The Balaban J connectivity index is 1.34. The zero-order valence-corrected chi connectivity index (χ0v) is 17.6. The van der Waals surface area contributed by atoms with Crippen LogP contribution in [0.4, 0.5) is 0 Å². The molecule has 1 heterocycles. The van der Waals surface area contributed by atoms with Crippen LogP contribution in [0.2, 0.25) is 5.02 Å². The highest BCUT2D eigenvalue weighted by atomic mass is 35.5. The molecule has 0 bridgehead atoms. The molecular formula is C23H19ClN4OS. The van der Waals surface area contributed by atoms with Crippen LogP contribution >= 0.6 is 23.4 Å². The van der Waals surface area contributed by atoms with Crippen LogP contribution in [-0.4, -0.2) is 21.1 Å². The topological polar surface area (TPSA) is 52.3 Å². The first-order valence-corrected chi connectivity index (χ1v) is 10.7. The van der Waals surface area contributed by atoms with Crippen molar-refractivity contribution < 1.29 is 4.74 Å². The predicted octanol–water partition coefficient (Wildman–Crippen LogP) is 5.69. The van der Waals surface area contributed by atoms with Crippen LogP contribution in [0.15, 0.2) is 95.4 Å². The van der Waals surface area contributed by atoms with Gasteiger partial charge in [0.2, 0.25) is 5.16 Å². The van der Waals surface area contributed by atoms with Crippen molar-refractivity contribution >= 4 is 29.6 Å². The second-order valence-corrected chi connectivity index (χ2v) is 7.78. The molecule has 0 aliphatic heterocycles. The summed E-state index contributed by atoms with van der Waals surface area (Å²) in [6.07, 6.45) is 3.37. The molecule has 0 radical (unpaired) electrons. The van der Waals surface area contributed by atoms with E-state index in [1.807, 2.05) is 66.7 Å². The van der Waals surface area contributed by atoms with Crippen LogP contribution < -0.4 is 4.74 Å². The van der Waals surface area contributed by atoms with Gasteiger partial charge in [0.15, 0.2) is 0 Å². The van der Waals surface area contributed by atoms with Gasteiger partial charge in [-0.05, 0) is 41.5 Å². The van der Waals surface area contributed by atoms with Gasteiger partial charge in [0, 0.05) is 16.3 Å². The van der Waals surface area contributed by atoms with Gasteiger partial charge in [-0.1, -0.05) is 71.9 Å². The van der Waals surface area contributed by atoms with E-state index < -0.39 is 0 Å². The number of aromatic nitrogens is 3. The number of halogens is 1. The molecule has 30 heavy (non-hydrogen) atoms. The van der Waals surface area contributed by atoms with Gasteiger partial charge < -0.3 is 4.74 Å². The highest BCUT2D eigenvalue weighted by Gasteiger charge is 2.05. The van der Waals surface area contributed by atoms with Crippen molar-refractivity contribution in [2.24, 2.45) is 5.10 Å². The number of rotatable bonds is 8. The fourth-order valence-corrected chi connectivity index (χ4v) is 3.68. The Bertz CT molecular complexity index is 1110. The third-order valence-electron chi connectivity index (χ3n) is 4.27. The fourth-order valence-electron chi connectivity index (χ4n) is 2.67. The average molecular weight is 435 g/mol. The molecule has 1 aromatic heterocycles. The summed E-state index contributed by atoms with van der Waals surface area (Å²) in [5.74, 6) is 1.59. The van der Waals surface area contributed by atoms with Crippen molar-refractivity contribution in [2.75, 3.05) is 0 Å². The first kappa shape index (κ1) is 20.2. The molecule has 0 unspecified atom stereocenters. The van der Waals surface area contributed by atoms with E-state index in [1.165, 1.54) is 5.56 Å². The van der Waals surface area contributed by atoms with Crippen molar-refractivity contribution in [1.29, 1.82) is 0 Å². The second kappa shape index (κ2) is 10.1. The molecule has 4 rings (SSSR count). The van der Waals surface area contributed by atoms with Gasteiger partial charge in [0.1, 0.15) is 18.7 Å². The molecule has 5 nitrogen and oxygen atoms in total. The molecule has 7 heteroatoms. The van der Waals surface area contributed by atoms with Gasteiger partial charge in [-0.15, -0.1) is 10.2 Å². The Hall–Kier alpha value is -3.09. The molecule has 3 aromatic carbocycles. The van der Waals surface area contributed by atoms with E-state index in [2.05, 4.69) is 27.4 Å². The molecule has 0 saturated heterocycles. The minimum atomic E-state index is 0.426. The first-order valence-electron chi connectivity index (χ1n) is 9.35. The monoisotopic (exact) mass is 434 g/mol. The number of benzene rings is 3. The van der Waals surface area contributed by atoms with Crippen molar-refractivity contribution in [3.63, 3.8) is 0 Å². The van der Waals surface area contributed by atoms with Gasteiger partial charge in [0.25, 0.3) is 0 Å². The van der Waals surface area contributed by atoms with E-state index in [4.69, 9.17) is 16.3 Å². The molecule has 0 spiro atoms. The fraction of sp³-hybridized carbons (Fsp3) is 0.0870. The van der Waals surface area contributed by atoms with Crippen LogP contribution in [0.25, 0.3) is 0 Å². The molecule has 150 valence electrons. The summed E-state index contributed by atoms with van der Waals surface area (Å²) in [5.41, 5.74) is 3.14. The maximum atomic E-state index is 6.16. The summed E-state index contributed by atoms with van der Waals surface area (Å²) >= 11 is 7.76. The highest BCUT2D eigenvalue weighted by molar-refractivity contribution is 7.98. The quantitative estimate of drug-likeness (QED) is 0.264. The molecule has 0 saturated carbocycles. The molecule has 0 aliphatic rings. The van der Waals surface area contributed by atoms with E-state index >= 15 is 0 Å². The minimum Gasteiger partial charge on any atom is -0.489 e. The standard InChI is InChI=1S/C23H19ClN4OS/c24-22-9-5-4-8-20(22)15-29-21-12-10-18(11-13-21)14-26-28-17-25-27-23(28)30-16-19-6-2-1-3-7-19/h1-14,17H,15-16H2/b26-14+. The maximum absolute atomic E-state index is 6.16. The SMILES string of the molecule is Clc1ccccc1COc1ccc(/C=N/n2cnnc2SCc2ccccc2)cc1. The van der Waals surface area contributed by atoms with Crippen molar-refractivity contribution in [2.45, 2.75) is 17.5 Å². The summed E-state index contributed by atoms with van der Waals surface area (Å²) in [5, 5.41) is 14.0. The van der Waals surface area contributed by atoms with E-state index in [-0.39, 0.29) is 0 Å². The maximum Gasteiger partial charge on any atom is 0.212 e. The lowest BCUT2D eigenvalue weighted by molar-refractivity contribution is 0.306. The molecule has 0 atom stereocenters. The average Bonchev–Trinajstić information content (AvgIpc) is 3.24. The molecule has 0 N–H and O–H groups in total. The van der Waals surface area contributed by atoms with E-state index in [9.17, 15) is 0 Å². The van der Waals surface area contributed by atoms with Gasteiger partial charge in [0.05, 0.1) is 6.21 Å². The Morgan fingerprint density at radius 1 is 0.967 bits per heavy atom. The molecule has 0 aliphatic carbocycles. The van der Waals surface area contributed by atoms with E-state index in [0.29, 0.717) is 11.6 Å². The van der Waals surface area contributed by atoms with Crippen molar-refractivity contribution in [3.8, 4) is 5.75 Å². The van der Waals surface area contributed by atoms with Crippen LogP contribution in [0.3, 0.4) is 0 Å². The van der Waals surface area contributed by atoms with Gasteiger partial charge in [-0.3, -0.25) is 0 Å². The Kier molecular flexibility index (Phi) is 6.79. The van der Waals surface area contributed by atoms with Gasteiger partial charge >= 0.3 is 0 Å². The number of thioether (sulfide) groups is 1. The number of hydrogen-bond acceptors (Lipinski definition) is 5. The summed E-state index contributed by atoms with van der Waals surface area (Å²) in [6.45, 7) is 0.426. The molecular weight excluding hydrogens is 416 g/mol. The Morgan fingerprint density at radius 3 is 2.53 bits per heavy atom. The number of hydrogen-bond donors (Lipinski definition) is 0. The number of ether oxygens (including phenoxy) is 1. The minimum absolute atomic E-state index is 0.426. The van der Waals surface area contributed by atoms with Crippen LogP contribution in [0.5, 0.6) is 5.75 Å². The van der Waals surface area contributed by atoms with Gasteiger partial charge in [-0.2, -0.15) is 9.78 Å². The summed E-state index contributed by atoms with van der Waals surface area (Å²) < 4.78 is 7.49. The predicted molar refractivity (Wildman–Crippen MR) is 121 cm³/mol. The third kappa shape index (κ3) is 5.49. The zero-order valence-electron chi connectivity index (χ0n) is 16.1. The van der Waals surface area contributed by atoms with Crippen LogP contribution in [-0.2, 0) is 12.4 Å². The van der Waals surface area contributed by atoms with Crippen molar-refractivity contribution in [3.05, 3.63) is 107 Å². The van der Waals surface area contributed by atoms with E-state index in [1.54, 1.807) is 29.0 Å².